The van der Waals surface area contributed by atoms with E-state index in [2.05, 4.69) is 17.1 Å². The van der Waals surface area contributed by atoms with Crippen LogP contribution in [0.2, 0.25) is 0 Å². The van der Waals surface area contributed by atoms with Crippen molar-refractivity contribution in [3.63, 3.8) is 0 Å². The number of halogens is 3. The van der Waals surface area contributed by atoms with Gasteiger partial charge in [0.2, 0.25) is 11.7 Å². The van der Waals surface area contributed by atoms with Crippen molar-refractivity contribution >= 4 is 6.09 Å². The average molecular weight is 554 g/mol. The van der Waals surface area contributed by atoms with Gasteiger partial charge in [-0.2, -0.15) is 18.2 Å². The summed E-state index contributed by atoms with van der Waals surface area (Å²) in [5.41, 5.74) is -1.28. The summed E-state index contributed by atoms with van der Waals surface area (Å²) in [6.07, 6.45) is 5.20. The lowest BCUT2D eigenvalue weighted by Crippen LogP contribution is -2.42. The molecular weight excluding hydrogens is 511 g/mol. The molecule has 0 N–H and O–H groups in total. The molecule has 7 nitrogen and oxygen atoms in total. The Morgan fingerprint density at radius 3 is 2.44 bits per heavy atom. The number of ether oxygens (including phenoxy) is 2. The molecule has 0 bridgehead atoms. The van der Waals surface area contributed by atoms with E-state index in [0.29, 0.717) is 25.4 Å². The first-order valence-corrected chi connectivity index (χ1v) is 14.1. The first-order chi connectivity index (χ1) is 18.5. The van der Waals surface area contributed by atoms with Crippen LogP contribution >= 0.6 is 0 Å². The van der Waals surface area contributed by atoms with Crippen molar-refractivity contribution in [3.8, 4) is 17.1 Å². The number of alkyl halides is 3. The number of likely N-dealkylation sites (tertiary alicyclic amines) is 1. The van der Waals surface area contributed by atoms with E-state index < -0.39 is 23.4 Å². The predicted molar refractivity (Wildman–Crippen MR) is 143 cm³/mol. The molecule has 1 fully saturated rings. The fraction of sp³-hybridized carbons (Fsp3) is 0.690. The van der Waals surface area contributed by atoms with Crippen LogP contribution in [0.15, 0.2) is 22.7 Å². The van der Waals surface area contributed by atoms with Crippen LogP contribution in [0, 0.1) is 0 Å². The van der Waals surface area contributed by atoms with E-state index in [4.69, 9.17) is 14.0 Å². The molecule has 1 aliphatic heterocycles. The number of nitrogens with zero attached hydrogens (tertiary/aromatic N) is 3. The largest absolute Gasteiger partial charge is 0.493 e. The first kappa shape index (κ1) is 30.8. The Morgan fingerprint density at radius 2 is 1.77 bits per heavy atom. The van der Waals surface area contributed by atoms with Gasteiger partial charge in [-0.3, -0.25) is 0 Å². The highest BCUT2D eigenvalue weighted by Gasteiger charge is 2.36. The molecule has 1 amide bonds. The number of aromatic nitrogens is 2. The van der Waals surface area contributed by atoms with Gasteiger partial charge in [0.15, 0.2) is 0 Å². The number of carbonyl (C=O) groups excluding carboxylic acids is 1. The van der Waals surface area contributed by atoms with Crippen LogP contribution in [0.25, 0.3) is 11.4 Å². The zero-order valence-electron chi connectivity index (χ0n) is 23.6. The molecule has 0 aliphatic carbocycles. The molecule has 10 heteroatoms. The Kier molecular flexibility index (Phi) is 11.1. The average Bonchev–Trinajstić information content (AvgIpc) is 3.37. The van der Waals surface area contributed by atoms with Crippen molar-refractivity contribution in [3.05, 3.63) is 29.7 Å². The molecule has 1 aromatic carbocycles. The number of benzene rings is 1. The van der Waals surface area contributed by atoms with Crippen molar-refractivity contribution in [1.29, 1.82) is 0 Å². The molecule has 0 radical (unpaired) electrons. The van der Waals surface area contributed by atoms with Crippen molar-refractivity contribution in [2.24, 2.45) is 0 Å². The molecule has 39 heavy (non-hydrogen) atoms. The maximum Gasteiger partial charge on any atom is 0.419 e. The summed E-state index contributed by atoms with van der Waals surface area (Å²) in [4.78, 5) is 18.5. The zero-order chi connectivity index (χ0) is 28.5. The van der Waals surface area contributed by atoms with Gasteiger partial charge in [-0.15, -0.1) is 0 Å². The van der Waals surface area contributed by atoms with Crippen LogP contribution < -0.4 is 4.74 Å². The van der Waals surface area contributed by atoms with E-state index in [0.717, 1.165) is 38.2 Å². The standard InChI is InChI=1S/C29H42F3N3O4/c1-5-6-7-8-9-10-11-12-18-37-24-16-15-21(19-23(24)29(30,31)32)25-33-26(39-34-25)22-14-13-17-35(20-22)27(36)38-28(2,3)4/h15-16,19,22H,5-14,17-18,20H2,1-4H3/t22-/m1/s1. The van der Waals surface area contributed by atoms with E-state index in [1.54, 1.807) is 25.7 Å². The molecule has 2 aromatic rings. The number of carbonyl (C=O) groups is 1. The second-order valence-corrected chi connectivity index (χ2v) is 11.3. The Bertz CT molecular complexity index is 1050. The Labute approximate surface area is 229 Å². The van der Waals surface area contributed by atoms with E-state index in [1.165, 1.54) is 37.8 Å². The number of amides is 1. The van der Waals surface area contributed by atoms with Crippen molar-refractivity contribution in [2.75, 3.05) is 19.7 Å². The number of unbranched alkanes of at least 4 members (excludes halogenated alkanes) is 7. The summed E-state index contributed by atoms with van der Waals surface area (Å²) in [5.74, 6) is -0.0524. The first-order valence-electron chi connectivity index (χ1n) is 14.1. The molecule has 0 saturated carbocycles. The van der Waals surface area contributed by atoms with Gasteiger partial charge in [-0.05, 0) is 58.2 Å². The van der Waals surface area contributed by atoms with Crippen molar-refractivity contribution < 1.29 is 32.0 Å². The molecule has 1 aromatic heterocycles. The minimum Gasteiger partial charge on any atom is -0.493 e. The van der Waals surface area contributed by atoms with E-state index >= 15 is 0 Å². The van der Waals surface area contributed by atoms with Crippen molar-refractivity contribution in [1.82, 2.24) is 15.0 Å². The van der Waals surface area contributed by atoms with Crippen LogP contribution in [0.3, 0.4) is 0 Å². The lowest BCUT2D eigenvalue weighted by molar-refractivity contribution is -0.138. The molecular formula is C29H42F3N3O4. The highest BCUT2D eigenvalue weighted by molar-refractivity contribution is 5.68. The quantitative estimate of drug-likeness (QED) is 0.246. The van der Waals surface area contributed by atoms with Crippen molar-refractivity contribution in [2.45, 2.75) is 110 Å². The van der Waals surface area contributed by atoms with Gasteiger partial charge in [0.05, 0.1) is 18.1 Å². The van der Waals surface area contributed by atoms with Crippen LogP contribution in [-0.2, 0) is 10.9 Å². The van der Waals surface area contributed by atoms with Gasteiger partial charge >= 0.3 is 12.3 Å². The fourth-order valence-corrected chi connectivity index (χ4v) is 4.62. The van der Waals surface area contributed by atoms with Gasteiger partial charge in [0, 0.05) is 18.7 Å². The molecule has 3 rings (SSSR count). The summed E-state index contributed by atoms with van der Waals surface area (Å²) in [6.45, 7) is 8.73. The minimum absolute atomic E-state index is 0.0690. The fourth-order valence-electron chi connectivity index (χ4n) is 4.62. The van der Waals surface area contributed by atoms with Crippen LogP contribution in [0.5, 0.6) is 5.75 Å². The second-order valence-electron chi connectivity index (χ2n) is 11.3. The third kappa shape index (κ3) is 9.72. The van der Waals surface area contributed by atoms with Gasteiger partial charge in [-0.1, -0.05) is 57.0 Å². The lowest BCUT2D eigenvalue weighted by Gasteiger charge is -2.32. The lowest BCUT2D eigenvalue weighted by atomic mass is 9.98. The molecule has 0 spiro atoms. The SMILES string of the molecule is CCCCCCCCCCOc1ccc(-c2noc([C@@H]3CCCN(C(=O)OC(C)(C)C)C3)n2)cc1C(F)(F)F. The summed E-state index contributed by atoms with van der Waals surface area (Å²) >= 11 is 0. The summed E-state index contributed by atoms with van der Waals surface area (Å²) < 4.78 is 58.0. The van der Waals surface area contributed by atoms with Crippen LogP contribution in [-0.4, -0.2) is 46.4 Å². The van der Waals surface area contributed by atoms with Gasteiger partial charge in [0.25, 0.3) is 0 Å². The van der Waals surface area contributed by atoms with E-state index in [1.807, 2.05) is 0 Å². The minimum atomic E-state index is -4.59. The third-order valence-corrected chi connectivity index (χ3v) is 6.66. The van der Waals surface area contributed by atoms with Gasteiger partial charge in [0.1, 0.15) is 11.4 Å². The summed E-state index contributed by atoms with van der Waals surface area (Å²) in [5, 5.41) is 3.94. The molecule has 2 heterocycles. The third-order valence-electron chi connectivity index (χ3n) is 6.66. The molecule has 1 aliphatic rings. The molecule has 1 saturated heterocycles. The second kappa shape index (κ2) is 14.0. The number of piperidine rings is 1. The topological polar surface area (TPSA) is 77.7 Å². The Balaban J connectivity index is 1.61. The maximum absolute atomic E-state index is 13.9. The van der Waals surface area contributed by atoms with Crippen LogP contribution in [0.4, 0.5) is 18.0 Å². The zero-order valence-corrected chi connectivity index (χ0v) is 23.6. The normalized spacial score (nSPS) is 16.4. The van der Waals surface area contributed by atoms with Gasteiger partial charge in [-0.25, -0.2) is 4.79 Å². The smallest absolute Gasteiger partial charge is 0.419 e. The van der Waals surface area contributed by atoms with Gasteiger partial charge < -0.3 is 18.9 Å². The maximum atomic E-state index is 13.9. The van der Waals surface area contributed by atoms with Crippen LogP contribution in [0.1, 0.15) is 109 Å². The summed E-state index contributed by atoms with van der Waals surface area (Å²) in [7, 11) is 0. The highest BCUT2D eigenvalue weighted by Crippen LogP contribution is 2.39. The predicted octanol–water partition coefficient (Wildman–Crippen LogP) is 8.39. The number of hydrogen-bond acceptors (Lipinski definition) is 6. The highest BCUT2D eigenvalue weighted by atomic mass is 19.4. The number of hydrogen-bond donors (Lipinski definition) is 0. The van der Waals surface area contributed by atoms with E-state index in [-0.39, 0.29) is 29.7 Å². The molecule has 218 valence electrons. The Morgan fingerprint density at radius 1 is 1.08 bits per heavy atom. The molecule has 0 unspecified atom stereocenters. The molecule has 1 atom stereocenters. The number of rotatable bonds is 12. The monoisotopic (exact) mass is 553 g/mol. The summed E-state index contributed by atoms with van der Waals surface area (Å²) in [6, 6.07) is 3.84. The van der Waals surface area contributed by atoms with E-state index in [9.17, 15) is 18.0 Å². The Hall–Kier alpha value is -2.78.